The number of methoxy groups -OCH3 is 3. The van der Waals surface area contributed by atoms with E-state index in [1.54, 1.807) is 33.5 Å². The van der Waals surface area contributed by atoms with Crippen molar-refractivity contribution in [1.29, 1.82) is 0 Å². The average molecular weight is 220 g/mol. The minimum absolute atomic E-state index is 0.648. The fourth-order valence-electron chi connectivity index (χ4n) is 1.35. The Morgan fingerprint density at radius 2 is 1.50 bits per heavy atom. The van der Waals surface area contributed by atoms with Gasteiger partial charge >= 0.3 is 0 Å². The maximum atomic E-state index is 5.26. The first-order valence-electron chi connectivity index (χ1n) is 4.86. The molecule has 0 fully saturated rings. The van der Waals surface area contributed by atoms with Crippen molar-refractivity contribution in [2.75, 3.05) is 21.3 Å². The quantitative estimate of drug-likeness (QED) is 0.714. The number of hydrogen-bond acceptors (Lipinski definition) is 3. The molecular formula is C13H16O3. The van der Waals surface area contributed by atoms with Crippen LogP contribution in [0.3, 0.4) is 0 Å². The second-order valence-electron chi connectivity index (χ2n) is 3.04. The second-order valence-corrected chi connectivity index (χ2v) is 3.04. The second kappa shape index (κ2) is 5.85. The molecule has 0 aliphatic heterocycles. The minimum Gasteiger partial charge on any atom is -0.496 e. The predicted octanol–water partition coefficient (Wildman–Crippen LogP) is 2.91. The van der Waals surface area contributed by atoms with Crippen molar-refractivity contribution >= 4 is 6.08 Å². The number of hydrogen-bond donors (Lipinski definition) is 0. The zero-order valence-electron chi connectivity index (χ0n) is 9.82. The van der Waals surface area contributed by atoms with E-state index in [0.29, 0.717) is 11.5 Å². The van der Waals surface area contributed by atoms with Crippen molar-refractivity contribution < 1.29 is 14.2 Å². The van der Waals surface area contributed by atoms with Crippen LogP contribution in [0.5, 0.6) is 17.2 Å². The topological polar surface area (TPSA) is 27.7 Å². The van der Waals surface area contributed by atoms with Gasteiger partial charge in [-0.05, 0) is 6.07 Å². The van der Waals surface area contributed by atoms with Crippen LogP contribution >= 0.6 is 0 Å². The minimum atomic E-state index is 0.648. The molecule has 1 aromatic rings. The third-order valence-electron chi connectivity index (χ3n) is 2.15. The Morgan fingerprint density at radius 3 is 2.00 bits per heavy atom. The van der Waals surface area contributed by atoms with Gasteiger partial charge in [-0.1, -0.05) is 24.8 Å². The highest BCUT2D eigenvalue weighted by atomic mass is 16.5. The first-order chi connectivity index (χ1) is 7.76. The summed E-state index contributed by atoms with van der Waals surface area (Å²) < 4.78 is 15.7. The van der Waals surface area contributed by atoms with Crippen molar-refractivity contribution in [3.63, 3.8) is 0 Å². The summed E-state index contributed by atoms with van der Waals surface area (Å²) in [6, 6.07) is 3.65. The van der Waals surface area contributed by atoms with Crippen LogP contribution in [0.4, 0.5) is 0 Å². The number of benzene rings is 1. The summed E-state index contributed by atoms with van der Waals surface area (Å²) in [5, 5.41) is 0. The molecule has 0 heterocycles. The van der Waals surface area contributed by atoms with Crippen molar-refractivity contribution in [3.8, 4) is 17.2 Å². The Morgan fingerprint density at radius 1 is 0.938 bits per heavy atom. The molecule has 0 amide bonds. The fraction of sp³-hybridized carbons (Fsp3) is 0.231. The molecule has 3 nitrogen and oxygen atoms in total. The molecule has 1 aromatic carbocycles. The molecule has 0 bridgehead atoms. The Balaban J connectivity index is 3.25. The van der Waals surface area contributed by atoms with Crippen LogP contribution in [-0.2, 0) is 0 Å². The summed E-state index contributed by atoms with van der Waals surface area (Å²) in [5.74, 6) is 2.05. The van der Waals surface area contributed by atoms with E-state index in [2.05, 4.69) is 6.58 Å². The van der Waals surface area contributed by atoms with Gasteiger partial charge in [0.2, 0.25) is 0 Å². The standard InChI is InChI=1S/C13H16O3/c1-5-6-7-10-8-12(15-3)13(16-4)9-11(10)14-2/h5-9H,1H2,2-4H3/b7-6+. The number of allylic oxidation sites excluding steroid dienone is 2. The molecule has 0 N–H and O–H groups in total. The summed E-state index contributed by atoms with van der Waals surface area (Å²) in [4.78, 5) is 0. The van der Waals surface area contributed by atoms with Crippen LogP contribution in [0.2, 0.25) is 0 Å². The zero-order valence-corrected chi connectivity index (χ0v) is 9.82. The first kappa shape index (κ1) is 12.2. The van der Waals surface area contributed by atoms with Gasteiger partial charge in [0, 0.05) is 11.6 Å². The van der Waals surface area contributed by atoms with E-state index in [-0.39, 0.29) is 0 Å². The average Bonchev–Trinajstić information content (AvgIpc) is 2.35. The molecule has 0 unspecified atom stereocenters. The van der Waals surface area contributed by atoms with E-state index in [4.69, 9.17) is 14.2 Å². The molecule has 1 rings (SSSR count). The van der Waals surface area contributed by atoms with E-state index >= 15 is 0 Å². The Hall–Kier alpha value is -1.90. The van der Waals surface area contributed by atoms with Gasteiger partial charge in [0.15, 0.2) is 11.5 Å². The largest absolute Gasteiger partial charge is 0.496 e. The van der Waals surface area contributed by atoms with E-state index in [1.807, 2.05) is 18.2 Å². The molecule has 0 saturated carbocycles. The highest BCUT2D eigenvalue weighted by Crippen LogP contribution is 2.35. The molecule has 16 heavy (non-hydrogen) atoms. The molecule has 86 valence electrons. The van der Waals surface area contributed by atoms with Gasteiger partial charge in [0.25, 0.3) is 0 Å². The van der Waals surface area contributed by atoms with Gasteiger partial charge in [-0.25, -0.2) is 0 Å². The first-order valence-corrected chi connectivity index (χ1v) is 4.86. The maximum Gasteiger partial charge on any atom is 0.164 e. The molecule has 0 radical (unpaired) electrons. The van der Waals surface area contributed by atoms with E-state index < -0.39 is 0 Å². The highest BCUT2D eigenvalue weighted by molar-refractivity contribution is 5.64. The van der Waals surface area contributed by atoms with Gasteiger partial charge < -0.3 is 14.2 Å². The van der Waals surface area contributed by atoms with Crippen LogP contribution in [0.15, 0.2) is 30.9 Å². The van der Waals surface area contributed by atoms with E-state index in [9.17, 15) is 0 Å². The SMILES string of the molecule is C=C/C=C/c1cc(OC)c(OC)cc1OC. The van der Waals surface area contributed by atoms with Gasteiger partial charge in [-0.15, -0.1) is 0 Å². The molecule has 0 aliphatic carbocycles. The van der Waals surface area contributed by atoms with E-state index in [0.717, 1.165) is 11.3 Å². The van der Waals surface area contributed by atoms with Gasteiger partial charge in [-0.2, -0.15) is 0 Å². The Bertz CT molecular complexity index is 394. The maximum absolute atomic E-state index is 5.26. The van der Waals surface area contributed by atoms with Crippen molar-refractivity contribution in [3.05, 3.63) is 36.4 Å². The lowest BCUT2D eigenvalue weighted by Crippen LogP contribution is -1.94. The normalized spacial score (nSPS) is 10.2. The summed E-state index contributed by atoms with van der Waals surface area (Å²) in [7, 11) is 4.81. The highest BCUT2D eigenvalue weighted by Gasteiger charge is 2.09. The lowest BCUT2D eigenvalue weighted by atomic mass is 10.1. The van der Waals surface area contributed by atoms with Crippen LogP contribution in [0.25, 0.3) is 6.08 Å². The lowest BCUT2D eigenvalue weighted by Gasteiger charge is -2.11. The molecular weight excluding hydrogens is 204 g/mol. The van der Waals surface area contributed by atoms with Crippen LogP contribution < -0.4 is 14.2 Å². The molecule has 0 saturated heterocycles. The van der Waals surface area contributed by atoms with Gasteiger partial charge in [0.05, 0.1) is 21.3 Å². The molecule has 3 heteroatoms. The summed E-state index contributed by atoms with van der Waals surface area (Å²) in [5.41, 5.74) is 0.917. The summed E-state index contributed by atoms with van der Waals surface area (Å²) in [6.45, 7) is 3.62. The fourth-order valence-corrected chi connectivity index (χ4v) is 1.35. The molecule has 0 spiro atoms. The van der Waals surface area contributed by atoms with Crippen molar-refractivity contribution in [2.24, 2.45) is 0 Å². The third kappa shape index (κ3) is 2.57. The summed E-state index contributed by atoms with van der Waals surface area (Å²) in [6.07, 6.45) is 5.44. The van der Waals surface area contributed by atoms with Crippen molar-refractivity contribution in [1.82, 2.24) is 0 Å². The predicted molar refractivity (Wildman–Crippen MR) is 65.3 cm³/mol. The number of ether oxygens (including phenoxy) is 3. The van der Waals surface area contributed by atoms with Crippen LogP contribution in [0.1, 0.15) is 5.56 Å². The Labute approximate surface area is 95.9 Å². The third-order valence-corrected chi connectivity index (χ3v) is 2.15. The smallest absolute Gasteiger partial charge is 0.164 e. The van der Waals surface area contributed by atoms with Gasteiger partial charge in [0.1, 0.15) is 5.75 Å². The number of rotatable bonds is 5. The lowest BCUT2D eigenvalue weighted by molar-refractivity contribution is 0.348. The van der Waals surface area contributed by atoms with Gasteiger partial charge in [-0.3, -0.25) is 0 Å². The van der Waals surface area contributed by atoms with Crippen LogP contribution in [0, 0.1) is 0 Å². The molecule has 0 aliphatic rings. The molecule has 0 atom stereocenters. The van der Waals surface area contributed by atoms with Crippen molar-refractivity contribution in [2.45, 2.75) is 0 Å². The monoisotopic (exact) mass is 220 g/mol. The van der Waals surface area contributed by atoms with Crippen LogP contribution in [-0.4, -0.2) is 21.3 Å². The molecule has 0 aromatic heterocycles. The Kier molecular flexibility index (Phi) is 4.45. The van der Waals surface area contributed by atoms with E-state index in [1.165, 1.54) is 0 Å². The zero-order chi connectivity index (χ0) is 12.0. The summed E-state index contributed by atoms with van der Waals surface area (Å²) >= 11 is 0.